The van der Waals surface area contributed by atoms with E-state index < -0.39 is 0 Å². The molecule has 1 unspecified atom stereocenters. The summed E-state index contributed by atoms with van der Waals surface area (Å²) in [5.74, 6) is -0.0184. The molecule has 0 radical (unpaired) electrons. The highest BCUT2D eigenvalue weighted by Gasteiger charge is 2.20. The maximum Gasteiger partial charge on any atom is 0.0669 e. The fourth-order valence-corrected chi connectivity index (χ4v) is 2.76. The van der Waals surface area contributed by atoms with Crippen molar-refractivity contribution in [3.8, 4) is 12.1 Å². The third-order valence-corrected chi connectivity index (χ3v) is 4.00. The van der Waals surface area contributed by atoms with Crippen LogP contribution < -0.4 is 4.90 Å². The molecule has 4 heteroatoms. The lowest BCUT2D eigenvalue weighted by Gasteiger charge is -2.36. The molecule has 1 aromatic carbocycles. The molecule has 0 aromatic heterocycles. The number of rotatable bonds is 5. The number of benzene rings is 1. The number of nitriles is 2. The second kappa shape index (κ2) is 7.67. The van der Waals surface area contributed by atoms with Crippen molar-refractivity contribution in [1.29, 1.82) is 10.5 Å². The molecule has 1 aromatic rings. The SMILES string of the molecule is Cc1cccc(N2CCN(CC(C#N)CCC#N)CC2)c1. The van der Waals surface area contributed by atoms with Gasteiger partial charge in [0.15, 0.2) is 0 Å². The van der Waals surface area contributed by atoms with Crippen molar-refractivity contribution in [1.82, 2.24) is 4.90 Å². The van der Waals surface area contributed by atoms with Crippen LogP contribution in [0.25, 0.3) is 0 Å². The Hall–Kier alpha value is -2.04. The zero-order valence-corrected chi connectivity index (χ0v) is 12.6. The summed E-state index contributed by atoms with van der Waals surface area (Å²) in [7, 11) is 0. The lowest BCUT2D eigenvalue weighted by atomic mass is 10.0. The van der Waals surface area contributed by atoms with Gasteiger partial charge in [-0.05, 0) is 31.0 Å². The smallest absolute Gasteiger partial charge is 0.0669 e. The van der Waals surface area contributed by atoms with Crippen LogP contribution in [-0.2, 0) is 0 Å². The number of aryl methyl sites for hydroxylation is 1. The van der Waals surface area contributed by atoms with Crippen LogP contribution in [-0.4, -0.2) is 37.6 Å². The van der Waals surface area contributed by atoms with Gasteiger partial charge in [0.25, 0.3) is 0 Å². The van der Waals surface area contributed by atoms with Crippen LogP contribution in [0.1, 0.15) is 18.4 Å². The average Bonchev–Trinajstić information content (AvgIpc) is 2.52. The van der Waals surface area contributed by atoms with Gasteiger partial charge in [-0.2, -0.15) is 10.5 Å². The first-order chi connectivity index (χ1) is 10.2. The fourth-order valence-electron chi connectivity index (χ4n) is 2.76. The van der Waals surface area contributed by atoms with E-state index in [1.165, 1.54) is 11.3 Å². The summed E-state index contributed by atoms with van der Waals surface area (Å²) >= 11 is 0. The molecule has 2 rings (SSSR count). The van der Waals surface area contributed by atoms with Crippen molar-refractivity contribution in [2.24, 2.45) is 5.92 Å². The van der Waals surface area contributed by atoms with Crippen molar-refractivity contribution >= 4 is 5.69 Å². The highest BCUT2D eigenvalue weighted by Crippen LogP contribution is 2.18. The Labute approximate surface area is 127 Å². The van der Waals surface area contributed by atoms with Crippen molar-refractivity contribution in [2.75, 3.05) is 37.6 Å². The number of nitrogens with zero attached hydrogens (tertiary/aromatic N) is 4. The number of hydrogen-bond donors (Lipinski definition) is 0. The maximum atomic E-state index is 9.15. The molecule has 1 aliphatic rings. The average molecular weight is 282 g/mol. The molecule has 21 heavy (non-hydrogen) atoms. The monoisotopic (exact) mass is 282 g/mol. The Bertz CT molecular complexity index is 532. The van der Waals surface area contributed by atoms with E-state index in [0.717, 1.165) is 32.7 Å². The largest absolute Gasteiger partial charge is 0.369 e. The Morgan fingerprint density at radius 3 is 2.57 bits per heavy atom. The third kappa shape index (κ3) is 4.48. The second-order valence-corrected chi connectivity index (χ2v) is 5.65. The molecule has 0 bridgehead atoms. The number of hydrogen-bond acceptors (Lipinski definition) is 4. The lowest BCUT2D eigenvalue weighted by Crippen LogP contribution is -2.47. The van der Waals surface area contributed by atoms with E-state index in [2.05, 4.69) is 53.1 Å². The molecule has 0 spiro atoms. The predicted octanol–water partition coefficient (Wildman–Crippen LogP) is 2.56. The van der Waals surface area contributed by atoms with Gasteiger partial charge in [0.05, 0.1) is 18.1 Å². The quantitative estimate of drug-likeness (QED) is 0.833. The zero-order valence-electron chi connectivity index (χ0n) is 12.6. The van der Waals surface area contributed by atoms with Gasteiger partial charge >= 0.3 is 0 Å². The van der Waals surface area contributed by atoms with E-state index in [4.69, 9.17) is 10.5 Å². The van der Waals surface area contributed by atoms with Crippen LogP contribution in [0.15, 0.2) is 24.3 Å². The highest BCUT2D eigenvalue weighted by atomic mass is 15.3. The third-order valence-electron chi connectivity index (χ3n) is 4.00. The van der Waals surface area contributed by atoms with Gasteiger partial charge in [0.1, 0.15) is 0 Å². The van der Waals surface area contributed by atoms with Gasteiger partial charge in [0, 0.05) is 44.8 Å². The van der Waals surface area contributed by atoms with Gasteiger partial charge < -0.3 is 4.90 Å². The summed E-state index contributed by atoms with van der Waals surface area (Å²) in [5.41, 5.74) is 2.58. The first kappa shape index (κ1) is 15.4. The predicted molar refractivity (Wildman–Crippen MR) is 83.8 cm³/mol. The maximum absolute atomic E-state index is 9.15. The first-order valence-electron chi connectivity index (χ1n) is 7.53. The first-order valence-corrected chi connectivity index (χ1v) is 7.53. The molecule has 1 aliphatic heterocycles. The van der Waals surface area contributed by atoms with Gasteiger partial charge in [0.2, 0.25) is 0 Å². The Morgan fingerprint density at radius 1 is 1.19 bits per heavy atom. The van der Waals surface area contributed by atoms with Gasteiger partial charge in [-0.25, -0.2) is 0 Å². The summed E-state index contributed by atoms with van der Waals surface area (Å²) in [4.78, 5) is 4.75. The normalized spacial score (nSPS) is 17.0. The topological polar surface area (TPSA) is 54.1 Å². The van der Waals surface area contributed by atoms with Gasteiger partial charge in [-0.3, -0.25) is 4.90 Å². The molecule has 0 aliphatic carbocycles. The highest BCUT2D eigenvalue weighted by molar-refractivity contribution is 5.48. The lowest BCUT2D eigenvalue weighted by molar-refractivity contribution is 0.233. The van der Waals surface area contributed by atoms with Gasteiger partial charge in [-0.1, -0.05) is 12.1 Å². The van der Waals surface area contributed by atoms with Crippen LogP contribution in [0.5, 0.6) is 0 Å². The standard InChI is InChI=1S/C17H22N4/c1-15-4-2-6-17(12-15)21-10-8-20(9-11-21)14-16(13-19)5-3-7-18/h2,4,6,12,16H,3,5,8-11,14H2,1H3. The molecule has 0 N–H and O–H groups in total. The number of anilines is 1. The number of piperazine rings is 1. The van der Waals surface area contributed by atoms with Crippen LogP contribution >= 0.6 is 0 Å². The van der Waals surface area contributed by atoms with E-state index in [1.54, 1.807) is 0 Å². The summed E-state index contributed by atoms with van der Waals surface area (Å²) in [6.45, 7) is 6.88. The molecular weight excluding hydrogens is 260 g/mol. The molecule has 0 amide bonds. The Balaban J connectivity index is 1.83. The molecule has 1 fully saturated rings. The van der Waals surface area contributed by atoms with Crippen LogP contribution in [0.3, 0.4) is 0 Å². The van der Waals surface area contributed by atoms with Crippen LogP contribution in [0.2, 0.25) is 0 Å². The molecular formula is C17H22N4. The molecule has 1 saturated heterocycles. The Morgan fingerprint density at radius 2 is 1.95 bits per heavy atom. The molecule has 4 nitrogen and oxygen atoms in total. The molecule has 1 atom stereocenters. The van der Waals surface area contributed by atoms with E-state index in [-0.39, 0.29) is 5.92 Å². The minimum absolute atomic E-state index is 0.0184. The Kier molecular flexibility index (Phi) is 5.60. The second-order valence-electron chi connectivity index (χ2n) is 5.65. The summed E-state index contributed by atoms with van der Waals surface area (Å²) in [6.07, 6.45) is 1.16. The molecule has 1 heterocycles. The van der Waals surface area contributed by atoms with Crippen molar-refractivity contribution < 1.29 is 0 Å². The van der Waals surface area contributed by atoms with Crippen LogP contribution in [0.4, 0.5) is 5.69 Å². The van der Waals surface area contributed by atoms with E-state index >= 15 is 0 Å². The molecule has 110 valence electrons. The van der Waals surface area contributed by atoms with Crippen molar-refractivity contribution in [2.45, 2.75) is 19.8 Å². The van der Waals surface area contributed by atoms with E-state index in [1.807, 2.05) is 0 Å². The fraction of sp³-hybridized carbons (Fsp3) is 0.529. The van der Waals surface area contributed by atoms with Crippen molar-refractivity contribution in [3.05, 3.63) is 29.8 Å². The summed E-state index contributed by atoms with van der Waals surface area (Å²) in [5, 5.41) is 17.8. The van der Waals surface area contributed by atoms with Gasteiger partial charge in [-0.15, -0.1) is 0 Å². The zero-order chi connectivity index (χ0) is 15.1. The van der Waals surface area contributed by atoms with Crippen molar-refractivity contribution in [3.63, 3.8) is 0 Å². The van der Waals surface area contributed by atoms with E-state index in [0.29, 0.717) is 12.8 Å². The summed E-state index contributed by atoms with van der Waals surface area (Å²) in [6, 6.07) is 13.1. The van der Waals surface area contributed by atoms with Crippen LogP contribution in [0, 0.1) is 35.5 Å². The minimum atomic E-state index is -0.0184. The summed E-state index contributed by atoms with van der Waals surface area (Å²) < 4.78 is 0. The van der Waals surface area contributed by atoms with E-state index in [9.17, 15) is 0 Å². The molecule has 0 saturated carbocycles. The minimum Gasteiger partial charge on any atom is -0.369 e.